The number of rotatable bonds is 18. The van der Waals surface area contributed by atoms with Gasteiger partial charge in [-0.05, 0) is 42.9 Å². The number of carbonyl (C=O) groups excluding carboxylic acids is 4. The highest BCUT2D eigenvalue weighted by atomic mass is 19.1. The number of hydroxylamine groups is 2. The molecule has 0 saturated heterocycles. The second-order valence-corrected chi connectivity index (χ2v) is 9.41. The molecule has 39 heavy (non-hydrogen) atoms. The molecule has 0 aliphatic heterocycles. The molecule has 0 spiro atoms. The summed E-state index contributed by atoms with van der Waals surface area (Å²) in [4.78, 5) is 44.9. The summed E-state index contributed by atoms with van der Waals surface area (Å²) in [7, 11) is 0. The second kappa shape index (κ2) is 21.5. The number of Topliss-reactive ketones (excluding diaryl/α,β-unsaturated/α-hetero) is 2. The summed E-state index contributed by atoms with van der Waals surface area (Å²) < 4.78 is 13.3. The molecule has 0 heterocycles. The number of unbranched alkanes of at least 4 members (excludes halogenated alkanes) is 6. The van der Waals surface area contributed by atoms with Crippen LogP contribution in [-0.2, 0) is 32.0 Å². The SMILES string of the molecule is O=C(CCCCCCC(=O)NO)Cc1ccccc1.O=C(CCCCCCC(=O)NO)Cc1ccccc1F. The highest BCUT2D eigenvalue weighted by Crippen LogP contribution is 2.11. The van der Waals surface area contributed by atoms with Crippen molar-refractivity contribution in [3.63, 3.8) is 0 Å². The molecule has 0 aliphatic carbocycles. The van der Waals surface area contributed by atoms with E-state index in [1.54, 1.807) is 29.2 Å². The molecule has 214 valence electrons. The lowest BCUT2D eigenvalue weighted by Crippen LogP contribution is -2.17. The number of hydrogen-bond acceptors (Lipinski definition) is 6. The molecule has 0 aliphatic rings. The molecule has 2 aromatic carbocycles. The summed E-state index contributed by atoms with van der Waals surface area (Å²) in [5.41, 5.74) is 4.69. The van der Waals surface area contributed by atoms with Crippen molar-refractivity contribution in [1.82, 2.24) is 11.0 Å². The zero-order valence-corrected chi connectivity index (χ0v) is 22.5. The number of ketones is 2. The maximum absolute atomic E-state index is 13.3. The first-order valence-corrected chi connectivity index (χ1v) is 13.5. The van der Waals surface area contributed by atoms with Gasteiger partial charge in [-0.3, -0.25) is 29.6 Å². The van der Waals surface area contributed by atoms with Crippen LogP contribution in [0.4, 0.5) is 4.39 Å². The second-order valence-electron chi connectivity index (χ2n) is 9.41. The fraction of sp³-hybridized carbons (Fsp3) is 0.467. The molecule has 0 unspecified atom stereocenters. The van der Waals surface area contributed by atoms with Gasteiger partial charge in [0.25, 0.3) is 0 Å². The van der Waals surface area contributed by atoms with Crippen LogP contribution in [0.2, 0.25) is 0 Å². The summed E-state index contributed by atoms with van der Waals surface area (Å²) >= 11 is 0. The van der Waals surface area contributed by atoms with E-state index >= 15 is 0 Å². The minimum absolute atomic E-state index is 0.0307. The molecule has 0 fully saturated rings. The van der Waals surface area contributed by atoms with E-state index in [1.165, 1.54) is 6.07 Å². The number of halogens is 1. The van der Waals surface area contributed by atoms with Gasteiger partial charge in [0.15, 0.2) is 0 Å². The smallest absolute Gasteiger partial charge is 0.243 e. The Labute approximate surface area is 229 Å². The van der Waals surface area contributed by atoms with Crippen LogP contribution in [0.25, 0.3) is 0 Å². The van der Waals surface area contributed by atoms with Gasteiger partial charge >= 0.3 is 0 Å². The summed E-state index contributed by atoms with van der Waals surface area (Å²) in [5, 5.41) is 16.6. The zero-order chi connectivity index (χ0) is 28.7. The predicted octanol–water partition coefficient (Wildman–Crippen LogP) is 5.43. The summed E-state index contributed by atoms with van der Waals surface area (Å²) in [6.45, 7) is 0. The van der Waals surface area contributed by atoms with Gasteiger partial charge in [0.2, 0.25) is 11.8 Å². The Bertz CT molecular complexity index is 1000. The van der Waals surface area contributed by atoms with Gasteiger partial charge in [-0.2, -0.15) is 0 Å². The number of hydrogen-bond donors (Lipinski definition) is 4. The predicted molar refractivity (Wildman–Crippen MR) is 146 cm³/mol. The van der Waals surface area contributed by atoms with Crippen LogP contribution in [0.3, 0.4) is 0 Å². The number of benzene rings is 2. The van der Waals surface area contributed by atoms with Crippen molar-refractivity contribution >= 4 is 23.4 Å². The number of amides is 2. The quantitative estimate of drug-likeness (QED) is 0.112. The van der Waals surface area contributed by atoms with E-state index in [1.807, 2.05) is 30.3 Å². The monoisotopic (exact) mass is 544 g/mol. The van der Waals surface area contributed by atoms with Gasteiger partial charge in [-0.1, -0.05) is 74.2 Å². The lowest BCUT2D eigenvalue weighted by molar-refractivity contribution is -0.130. The Morgan fingerprint density at radius 2 is 1.00 bits per heavy atom. The standard InChI is InChI=1S/C15H20FNO3.C15H21NO3/c16-14-9-6-5-7-12(14)11-13(18)8-3-1-2-4-10-15(19)17-20;17-14(12-13-8-4-3-5-9-13)10-6-1-2-7-11-15(18)16-19/h5-7,9,20H,1-4,8,10-11H2,(H,17,19);3-5,8-9,19H,1-2,6-7,10-12H2,(H,16,18). The summed E-state index contributed by atoms with van der Waals surface area (Å²) in [6, 6.07) is 16.1. The van der Waals surface area contributed by atoms with E-state index in [4.69, 9.17) is 10.4 Å². The summed E-state index contributed by atoms with van der Waals surface area (Å²) in [5.74, 6) is -0.779. The average molecular weight is 545 g/mol. The van der Waals surface area contributed by atoms with Gasteiger partial charge in [-0.25, -0.2) is 15.4 Å². The lowest BCUT2D eigenvalue weighted by Gasteiger charge is -2.03. The highest BCUT2D eigenvalue weighted by Gasteiger charge is 2.08. The van der Waals surface area contributed by atoms with E-state index in [9.17, 15) is 23.6 Å². The average Bonchev–Trinajstić information content (AvgIpc) is 2.94. The lowest BCUT2D eigenvalue weighted by atomic mass is 10.0. The van der Waals surface area contributed by atoms with E-state index in [2.05, 4.69) is 0 Å². The van der Waals surface area contributed by atoms with Crippen LogP contribution in [0.5, 0.6) is 0 Å². The van der Waals surface area contributed by atoms with Crippen molar-refractivity contribution in [2.45, 2.75) is 89.9 Å². The molecule has 2 amide bonds. The van der Waals surface area contributed by atoms with E-state index in [0.29, 0.717) is 44.1 Å². The molecule has 0 atom stereocenters. The minimum Gasteiger partial charge on any atom is -0.299 e. The van der Waals surface area contributed by atoms with Crippen LogP contribution >= 0.6 is 0 Å². The third kappa shape index (κ3) is 17.7. The van der Waals surface area contributed by atoms with Crippen LogP contribution in [0.15, 0.2) is 54.6 Å². The van der Waals surface area contributed by atoms with Crippen molar-refractivity contribution in [3.05, 3.63) is 71.5 Å². The van der Waals surface area contributed by atoms with Gasteiger partial charge < -0.3 is 0 Å². The number of nitrogens with one attached hydrogen (secondary N) is 2. The molecule has 4 N–H and O–H groups in total. The van der Waals surface area contributed by atoms with Crippen molar-refractivity contribution in [3.8, 4) is 0 Å². The fourth-order valence-corrected chi connectivity index (χ4v) is 3.89. The number of carbonyl (C=O) groups is 4. The topological polar surface area (TPSA) is 133 Å². The third-order valence-electron chi connectivity index (χ3n) is 6.06. The largest absolute Gasteiger partial charge is 0.299 e. The maximum Gasteiger partial charge on any atom is 0.243 e. The van der Waals surface area contributed by atoms with Crippen molar-refractivity contribution in [1.29, 1.82) is 0 Å². The zero-order valence-electron chi connectivity index (χ0n) is 22.5. The van der Waals surface area contributed by atoms with E-state index in [0.717, 1.165) is 50.5 Å². The normalized spacial score (nSPS) is 10.2. The Morgan fingerprint density at radius 1 is 0.564 bits per heavy atom. The van der Waals surface area contributed by atoms with Gasteiger partial charge in [0, 0.05) is 38.5 Å². The molecule has 0 aromatic heterocycles. The Morgan fingerprint density at radius 3 is 1.49 bits per heavy atom. The molecule has 9 heteroatoms. The molecule has 2 rings (SSSR count). The van der Waals surface area contributed by atoms with Crippen LogP contribution in [0, 0.1) is 5.82 Å². The van der Waals surface area contributed by atoms with Crippen LogP contribution < -0.4 is 11.0 Å². The van der Waals surface area contributed by atoms with Gasteiger partial charge in [0.05, 0.1) is 0 Å². The fourth-order valence-electron chi connectivity index (χ4n) is 3.89. The molecule has 0 radical (unpaired) electrons. The Kier molecular flexibility index (Phi) is 18.5. The molecular formula is C30H41FN2O6. The summed E-state index contributed by atoms with van der Waals surface area (Å²) in [6.07, 6.45) is 8.89. The maximum atomic E-state index is 13.3. The molecule has 8 nitrogen and oxygen atoms in total. The minimum atomic E-state index is -0.388. The molecular weight excluding hydrogens is 503 g/mol. The molecule has 2 aromatic rings. The van der Waals surface area contributed by atoms with Crippen LogP contribution in [-0.4, -0.2) is 33.8 Å². The van der Waals surface area contributed by atoms with E-state index in [-0.39, 0.29) is 35.6 Å². The molecule has 0 saturated carbocycles. The van der Waals surface area contributed by atoms with Gasteiger partial charge in [0.1, 0.15) is 17.4 Å². The Hall–Kier alpha value is -3.43. The first-order valence-electron chi connectivity index (χ1n) is 13.5. The van der Waals surface area contributed by atoms with E-state index < -0.39 is 0 Å². The van der Waals surface area contributed by atoms with Crippen LogP contribution in [0.1, 0.15) is 88.2 Å². The van der Waals surface area contributed by atoms with Crippen molar-refractivity contribution in [2.24, 2.45) is 0 Å². The van der Waals surface area contributed by atoms with Gasteiger partial charge in [-0.15, -0.1) is 0 Å². The van der Waals surface area contributed by atoms with Crippen molar-refractivity contribution in [2.75, 3.05) is 0 Å². The first-order chi connectivity index (χ1) is 18.8. The molecule has 0 bridgehead atoms. The Balaban J connectivity index is 0.000000391. The van der Waals surface area contributed by atoms with Crippen molar-refractivity contribution < 1.29 is 34.0 Å². The highest BCUT2D eigenvalue weighted by molar-refractivity contribution is 5.81. The first kappa shape index (κ1) is 33.6. The third-order valence-corrected chi connectivity index (χ3v) is 6.06.